The first-order valence-corrected chi connectivity index (χ1v) is 7.39. The molecule has 1 aromatic heterocycles. The molecule has 0 fully saturated rings. The summed E-state index contributed by atoms with van der Waals surface area (Å²) in [5, 5.41) is 11.8. The van der Waals surface area contributed by atoms with Crippen molar-refractivity contribution in [2.24, 2.45) is 0 Å². The molecule has 1 amide bonds. The van der Waals surface area contributed by atoms with E-state index in [4.69, 9.17) is 5.11 Å². The zero-order valence-corrected chi connectivity index (χ0v) is 13.1. The molecule has 6 heteroatoms. The van der Waals surface area contributed by atoms with Gasteiger partial charge in [0, 0.05) is 12.7 Å². The van der Waals surface area contributed by atoms with E-state index in [1.54, 1.807) is 18.2 Å². The summed E-state index contributed by atoms with van der Waals surface area (Å²) in [5.41, 5.74) is 2.29. The lowest BCUT2D eigenvalue weighted by Gasteiger charge is -2.11. The fourth-order valence-electron chi connectivity index (χ4n) is 2.25. The molecule has 23 heavy (non-hydrogen) atoms. The van der Waals surface area contributed by atoms with Gasteiger partial charge < -0.3 is 10.4 Å². The highest BCUT2D eigenvalue weighted by atomic mass is 16.4. The highest BCUT2D eigenvalue weighted by molar-refractivity contribution is 5.95. The number of carbonyl (C=O) groups is 2. The molecule has 2 rings (SSSR count). The van der Waals surface area contributed by atoms with Gasteiger partial charge in [-0.1, -0.05) is 26.0 Å². The van der Waals surface area contributed by atoms with Gasteiger partial charge in [0.15, 0.2) is 0 Å². The van der Waals surface area contributed by atoms with Crippen molar-refractivity contribution in [2.75, 3.05) is 6.54 Å². The lowest BCUT2D eigenvalue weighted by atomic mass is 10.0. The maximum atomic E-state index is 12.3. The normalized spacial score (nSPS) is 10.6. The molecule has 0 radical (unpaired) electrons. The SMILES string of the molecule is CC(C)c1ncncc1C(=O)NCCc1cccc(C(=O)O)c1. The van der Waals surface area contributed by atoms with Crippen LogP contribution in [0.4, 0.5) is 0 Å². The maximum Gasteiger partial charge on any atom is 0.335 e. The summed E-state index contributed by atoms with van der Waals surface area (Å²) in [6.45, 7) is 4.35. The number of benzene rings is 1. The van der Waals surface area contributed by atoms with Crippen molar-refractivity contribution in [3.63, 3.8) is 0 Å². The lowest BCUT2D eigenvalue weighted by molar-refractivity contribution is 0.0696. The van der Waals surface area contributed by atoms with Crippen molar-refractivity contribution < 1.29 is 14.7 Å². The van der Waals surface area contributed by atoms with Crippen LogP contribution in [0.3, 0.4) is 0 Å². The third-order valence-electron chi connectivity index (χ3n) is 3.41. The molecule has 0 spiro atoms. The Hall–Kier alpha value is -2.76. The molecule has 0 saturated heterocycles. The van der Waals surface area contributed by atoms with Crippen LogP contribution < -0.4 is 5.32 Å². The smallest absolute Gasteiger partial charge is 0.335 e. The van der Waals surface area contributed by atoms with Crippen molar-refractivity contribution in [1.82, 2.24) is 15.3 Å². The number of rotatable bonds is 6. The van der Waals surface area contributed by atoms with Gasteiger partial charge in [-0.3, -0.25) is 4.79 Å². The Kier molecular flexibility index (Phi) is 5.41. The standard InChI is InChI=1S/C17H19N3O3/c1-11(2)15-14(9-18-10-20-15)16(21)19-7-6-12-4-3-5-13(8-12)17(22)23/h3-5,8-11H,6-7H2,1-2H3,(H,19,21)(H,22,23). The summed E-state index contributed by atoms with van der Waals surface area (Å²) >= 11 is 0. The van der Waals surface area contributed by atoms with Crippen LogP contribution >= 0.6 is 0 Å². The highest BCUT2D eigenvalue weighted by Gasteiger charge is 2.14. The molecule has 2 aromatic rings. The van der Waals surface area contributed by atoms with Crippen LogP contribution in [0, 0.1) is 0 Å². The summed E-state index contributed by atoms with van der Waals surface area (Å²) in [5.74, 6) is -1.05. The predicted molar refractivity (Wildman–Crippen MR) is 85.6 cm³/mol. The van der Waals surface area contributed by atoms with Gasteiger partial charge in [-0.25, -0.2) is 14.8 Å². The van der Waals surface area contributed by atoms with Crippen LogP contribution in [-0.2, 0) is 6.42 Å². The van der Waals surface area contributed by atoms with Gasteiger partial charge in [0.25, 0.3) is 5.91 Å². The number of hydrogen-bond donors (Lipinski definition) is 2. The highest BCUT2D eigenvalue weighted by Crippen LogP contribution is 2.15. The van der Waals surface area contributed by atoms with Gasteiger partial charge in [0.1, 0.15) is 6.33 Å². The van der Waals surface area contributed by atoms with E-state index in [9.17, 15) is 9.59 Å². The number of amides is 1. The van der Waals surface area contributed by atoms with Crippen LogP contribution in [0.15, 0.2) is 36.8 Å². The molecule has 0 aliphatic rings. The van der Waals surface area contributed by atoms with Crippen LogP contribution in [0.5, 0.6) is 0 Å². The molecule has 6 nitrogen and oxygen atoms in total. The van der Waals surface area contributed by atoms with E-state index in [-0.39, 0.29) is 17.4 Å². The Labute approximate surface area is 134 Å². The monoisotopic (exact) mass is 313 g/mol. The maximum absolute atomic E-state index is 12.3. The second-order valence-corrected chi connectivity index (χ2v) is 5.49. The number of aromatic nitrogens is 2. The number of carboxylic acids is 1. The largest absolute Gasteiger partial charge is 0.478 e. The average molecular weight is 313 g/mol. The molecule has 1 heterocycles. The van der Waals surface area contributed by atoms with Gasteiger partial charge in [-0.15, -0.1) is 0 Å². The van der Waals surface area contributed by atoms with Crippen LogP contribution in [0.1, 0.15) is 51.7 Å². The topological polar surface area (TPSA) is 92.2 Å². The number of nitrogens with zero attached hydrogens (tertiary/aromatic N) is 2. The van der Waals surface area contributed by atoms with Gasteiger partial charge >= 0.3 is 5.97 Å². The number of carboxylic acid groups (broad SMARTS) is 1. The van der Waals surface area contributed by atoms with E-state index in [0.717, 1.165) is 5.56 Å². The summed E-state index contributed by atoms with van der Waals surface area (Å²) in [4.78, 5) is 31.3. The van der Waals surface area contributed by atoms with E-state index >= 15 is 0 Å². The summed E-state index contributed by atoms with van der Waals surface area (Å²) in [7, 11) is 0. The Balaban J connectivity index is 1.98. The first-order valence-electron chi connectivity index (χ1n) is 7.39. The molecule has 2 N–H and O–H groups in total. The predicted octanol–water partition coefficient (Wildman–Crippen LogP) is 2.27. The van der Waals surface area contributed by atoms with Gasteiger partial charge in [0.05, 0.1) is 16.8 Å². The Morgan fingerprint density at radius 3 is 2.78 bits per heavy atom. The van der Waals surface area contributed by atoms with Crippen LogP contribution in [0.25, 0.3) is 0 Å². The van der Waals surface area contributed by atoms with Gasteiger partial charge in [-0.05, 0) is 30.0 Å². The van der Waals surface area contributed by atoms with Crippen molar-refractivity contribution >= 4 is 11.9 Å². The molecule has 0 saturated carbocycles. The lowest BCUT2D eigenvalue weighted by Crippen LogP contribution is -2.27. The van der Waals surface area contributed by atoms with Crippen molar-refractivity contribution in [2.45, 2.75) is 26.2 Å². The van der Waals surface area contributed by atoms with Crippen molar-refractivity contribution in [1.29, 1.82) is 0 Å². The van der Waals surface area contributed by atoms with E-state index in [2.05, 4.69) is 15.3 Å². The third-order valence-corrected chi connectivity index (χ3v) is 3.41. The molecule has 1 aromatic carbocycles. The van der Waals surface area contributed by atoms with E-state index in [1.807, 2.05) is 19.9 Å². The van der Waals surface area contributed by atoms with E-state index < -0.39 is 5.97 Å². The first kappa shape index (κ1) is 16.6. The minimum Gasteiger partial charge on any atom is -0.478 e. The first-order chi connectivity index (χ1) is 11.0. The van der Waals surface area contributed by atoms with Crippen LogP contribution in [0.2, 0.25) is 0 Å². The Morgan fingerprint density at radius 1 is 1.30 bits per heavy atom. The molecule has 0 aliphatic carbocycles. The second-order valence-electron chi connectivity index (χ2n) is 5.49. The molecule has 120 valence electrons. The molecule has 0 atom stereocenters. The van der Waals surface area contributed by atoms with E-state index in [1.165, 1.54) is 12.5 Å². The molecular formula is C17H19N3O3. The van der Waals surface area contributed by atoms with Crippen molar-refractivity contribution in [3.05, 3.63) is 59.2 Å². The fraction of sp³-hybridized carbons (Fsp3) is 0.294. The Bertz CT molecular complexity index is 714. The number of hydrogen-bond acceptors (Lipinski definition) is 4. The Morgan fingerprint density at radius 2 is 2.09 bits per heavy atom. The van der Waals surface area contributed by atoms with E-state index in [0.29, 0.717) is 24.2 Å². The average Bonchev–Trinajstić information content (AvgIpc) is 2.55. The second kappa shape index (κ2) is 7.49. The molecular weight excluding hydrogens is 294 g/mol. The molecule has 0 aliphatic heterocycles. The number of nitrogens with one attached hydrogen (secondary N) is 1. The zero-order valence-electron chi connectivity index (χ0n) is 13.1. The minimum absolute atomic E-state index is 0.131. The summed E-state index contributed by atoms with van der Waals surface area (Å²) in [6.07, 6.45) is 3.50. The van der Waals surface area contributed by atoms with Gasteiger partial charge in [0.2, 0.25) is 0 Å². The van der Waals surface area contributed by atoms with Crippen molar-refractivity contribution in [3.8, 4) is 0 Å². The summed E-state index contributed by atoms with van der Waals surface area (Å²) in [6, 6.07) is 6.69. The quantitative estimate of drug-likeness (QED) is 0.853. The summed E-state index contributed by atoms with van der Waals surface area (Å²) < 4.78 is 0. The number of aromatic carboxylic acids is 1. The zero-order chi connectivity index (χ0) is 16.8. The minimum atomic E-state index is -0.959. The number of carbonyl (C=O) groups excluding carboxylic acids is 1. The molecule has 0 unspecified atom stereocenters. The molecule has 0 bridgehead atoms. The van der Waals surface area contributed by atoms with Gasteiger partial charge in [-0.2, -0.15) is 0 Å². The third kappa shape index (κ3) is 4.35. The fourth-order valence-corrected chi connectivity index (χ4v) is 2.25. The van der Waals surface area contributed by atoms with Crippen LogP contribution in [-0.4, -0.2) is 33.5 Å².